The van der Waals surface area contributed by atoms with Gasteiger partial charge in [0.05, 0.1) is 12.1 Å². The molecule has 7 nitrogen and oxygen atoms in total. The molecule has 0 aliphatic rings. The Kier molecular flexibility index (Phi) is 6.31. The van der Waals surface area contributed by atoms with Gasteiger partial charge < -0.3 is 14.6 Å². The second kappa shape index (κ2) is 9.32. The fourth-order valence-electron chi connectivity index (χ4n) is 3.64. The van der Waals surface area contributed by atoms with Crippen molar-refractivity contribution < 1.29 is 14.1 Å². The summed E-state index contributed by atoms with van der Waals surface area (Å²) in [6, 6.07) is 16.1. The van der Waals surface area contributed by atoms with Crippen molar-refractivity contribution in [1.29, 1.82) is 0 Å². The predicted molar refractivity (Wildman–Crippen MR) is 127 cm³/mol. The van der Waals surface area contributed by atoms with E-state index in [2.05, 4.69) is 40.7 Å². The Labute approximate surface area is 193 Å². The summed E-state index contributed by atoms with van der Waals surface area (Å²) in [5, 5.41) is 11.4. The molecule has 2 heterocycles. The van der Waals surface area contributed by atoms with Crippen molar-refractivity contribution in [1.82, 2.24) is 14.9 Å². The minimum absolute atomic E-state index is 0.184. The molecule has 0 unspecified atom stereocenters. The topological polar surface area (TPSA) is 82.2 Å². The summed E-state index contributed by atoms with van der Waals surface area (Å²) in [5.74, 6) is 1.40. The number of hydrogen-bond donors (Lipinski definition) is 1. The number of rotatable bonds is 7. The van der Waals surface area contributed by atoms with E-state index in [0.29, 0.717) is 23.7 Å². The maximum atomic E-state index is 13.0. The van der Waals surface area contributed by atoms with Gasteiger partial charge in [0.25, 0.3) is 5.91 Å². The van der Waals surface area contributed by atoms with Crippen LogP contribution in [0.5, 0.6) is 5.75 Å². The van der Waals surface area contributed by atoms with Gasteiger partial charge in [-0.05, 0) is 57.4 Å². The van der Waals surface area contributed by atoms with Gasteiger partial charge >= 0.3 is 0 Å². The van der Waals surface area contributed by atoms with E-state index in [1.54, 1.807) is 6.92 Å². The lowest BCUT2D eigenvalue weighted by Crippen LogP contribution is -2.16. The fraction of sp³-hybridized carbons (Fsp3) is 0.269. The lowest BCUT2D eigenvalue weighted by atomic mass is 10.1. The molecule has 7 heteroatoms. The van der Waals surface area contributed by atoms with Gasteiger partial charge in [0.1, 0.15) is 18.1 Å². The molecule has 0 atom stereocenters. The zero-order chi connectivity index (χ0) is 23.5. The highest BCUT2D eigenvalue weighted by Gasteiger charge is 2.22. The van der Waals surface area contributed by atoms with Crippen LogP contribution in [0.4, 0.5) is 5.82 Å². The van der Waals surface area contributed by atoms with Gasteiger partial charge in [0.15, 0.2) is 11.5 Å². The third kappa shape index (κ3) is 5.14. The molecule has 0 radical (unpaired) electrons. The molecular formula is C26H28N4O3. The first-order valence-electron chi connectivity index (χ1n) is 10.9. The van der Waals surface area contributed by atoms with Gasteiger partial charge in [-0.1, -0.05) is 47.1 Å². The molecule has 1 N–H and O–H groups in total. The normalized spacial score (nSPS) is 10.9. The SMILES string of the molecule is Cc1cccc(Cn2nc(NC(=O)c3noc(C)c3COc3cc(C)ccc3C)cc2C)c1. The number of aryl methyl sites for hydroxylation is 5. The van der Waals surface area contributed by atoms with Crippen molar-refractivity contribution >= 4 is 11.7 Å². The summed E-state index contributed by atoms with van der Waals surface area (Å²) in [6.07, 6.45) is 0. The van der Waals surface area contributed by atoms with E-state index in [1.165, 1.54) is 5.56 Å². The second-order valence-corrected chi connectivity index (χ2v) is 8.40. The number of anilines is 1. The lowest BCUT2D eigenvalue weighted by Gasteiger charge is -2.10. The van der Waals surface area contributed by atoms with E-state index in [-0.39, 0.29) is 18.2 Å². The van der Waals surface area contributed by atoms with Gasteiger partial charge in [-0.3, -0.25) is 9.48 Å². The molecule has 0 bridgehead atoms. The average Bonchev–Trinajstić information content (AvgIpc) is 3.30. The Balaban J connectivity index is 1.48. The molecule has 0 fully saturated rings. The monoisotopic (exact) mass is 444 g/mol. The summed E-state index contributed by atoms with van der Waals surface area (Å²) in [6.45, 7) is 10.6. The minimum Gasteiger partial charge on any atom is -0.488 e. The molecule has 4 aromatic rings. The van der Waals surface area contributed by atoms with Crippen LogP contribution < -0.4 is 10.1 Å². The Morgan fingerprint density at radius 2 is 1.82 bits per heavy atom. The van der Waals surface area contributed by atoms with Crippen molar-refractivity contribution in [2.24, 2.45) is 0 Å². The molecule has 4 rings (SSSR count). The van der Waals surface area contributed by atoms with Crippen LogP contribution in [0, 0.1) is 34.6 Å². The van der Waals surface area contributed by atoms with Crippen molar-refractivity contribution in [2.75, 3.05) is 5.32 Å². The number of aromatic nitrogens is 3. The van der Waals surface area contributed by atoms with Gasteiger partial charge in [-0.25, -0.2) is 0 Å². The summed E-state index contributed by atoms with van der Waals surface area (Å²) >= 11 is 0. The van der Waals surface area contributed by atoms with Crippen molar-refractivity contribution in [3.8, 4) is 5.75 Å². The number of ether oxygens (including phenoxy) is 1. The molecule has 0 aliphatic heterocycles. The highest BCUT2D eigenvalue weighted by Crippen LogP contribution is 2.23. The molecule has 170 valence electrons. The molecule has 0 saturated heterocycles. The van der Waals surface area contributed by atoms with Gasteiger partial charge in [0, 0.05) is 11.8 Å². The maximum Gasteiger partial charge on any atom is 0.279 e. The Hall–Kier alpha value is -3.87. The largest absolute Gasteiger partial charge is 0.488 e. The number of amides is 1. The number of carbonyl (C=O) groups is 1. The molecule has 0 saturated carbocycles. The van der Waals surface area contributed by atoms with E-state index in [0.717, 1.165) is 28.1 Å². The first-order valence-corrected chi connectivity index (χ1v) is 10.9. The summed E-state index contributed by atoms with van der Waals surface area (Å²) in [5.41, 5.74) is 6.23. The van der Waals surface area contributed by atoms with Crippen LogP contribution in [-0.2, 0) is 13.2 Å². The number of nitrogens with one attached hydrogen (secondary N) is 1. The van der Waals surface area contributed by atoms with E-state index in [9.17, 15) is 4.79 Å². The molecular weight excluding hydrogens is 416 g/mol. The van der Waals surface area contributed by atoms with Crippen LogP contribution in [0.15, 0.2) is 53.1 Å². The second-order valence-electron chi connectivity index (χ2n) is 8.40. The third-order valence-corrected chi connectivity index (χ3v) is 5.55. The zero-order valence-electron chi connectivity index (χ0n) is 19.6. The van der Waals surface area contributed by atoms with Crippen LogP contribution in [-0.4, -0.2) is 20.8 Å². The van der Waals surface area contributed by atoms with E-state index in [4.69, 9.17) is 9.26 Å². The predicted octanol–water partition coefficient (Wildman–Crippen LogP) is 5.29. The fourth-order valence-corrected chi connectivity index (χ4v) is 3.64. The third-order valence-electron chi connectivity index (χ3n) is 5.55. The van der Waals surface area contributed by atoms with Gasteiger partial charge in [-0.15, -0.1) is 0 Å². The standard InChI is InChI=1S/C26H28N4O3/c1-16-7-6-8-21(11-16)14-30-19(4)13-24(28-30)27-26(31)25-22(20(5)33-29-25)15-32-23-12-17(2)9-10-18(23)3/h6-13H,14-15H2,1-5H3,(H,27,28,31). The average molecular weight is 445 g/mol. The van der Waals surface area contributed by atoms with Crippen molar-refractivity contribution in [3.63, 3.8) is 0 Å². The number of benzene rings is 2. The summed E-state index contributed by atoms with van der Waals surface area (Å²) < 4.78 is 13.1. The van der Waals surface area contributed by atoms with Crippen LogP contribution >= 0.6 is 0 Å². The Morgan fingerprint density at radius 3 is 2.61 bits per heavy atom. The molecule has 1 amide bonds. The van der Waals surface area contributed by atoms with Crippen LogP contribution in [0.3, 0.4) is 0 Å². The van der Waals surface area contributed by atoms with Crippen LogP contribution in [0.2, 0.25) is 0 Å². The number of hydrogen-bond acceptors (Lipinski definition) is 5. The van der Waals surface area contributed by atoms with E-state index < -0.39 is 0 Å². The van der Waals surface area contributed by atoms with Gasteiger partial charge in [-0.2, -0.15) is 5.10 Å². The quantitative estimate of drug-likeness (QED) is 0.419. The lowest BCUT2D eigenvalue weighted by molar-refractivity contribution is 0.101. The van der Waals surface area contributed by atoms with E-state index >= 15 is 0 Å². The zero-order valence-corrected chi connectivity index (χ0v) is 19.6. The Bertz CT molecular complexity index is 1300. The molecule has 0 aliphatic carbocycles. The first-order chi connectivity index (χ1) is 15.8. The molecule has 2 aromatic heterocycles. The minimum atomic E-state index is -0.383. The number of carbonyl (C=O) groups excluding carboxylic acids is 1. The van der Waals surface area contributed by atoms with Crippen LogP contribution in [0.1, 0.15) is 49.8 Å². The van der Waals surface area contributed by atoms with Crippen molar-refractivity contribution in [3.05, 3.63) is 93.5 Å². The Morgan fingerprint density at radius 1 is 1.03 bits per heavy atom. The summed E-state index contributed by atoms with van der Waals surface area (Å²) in [7, 11) is 0. The maximum absolute atomic E-state index is 13.0. The van der Waals surface area contributed by atoms with Crippen molar-refractivity contribution in [2.45, 2.75) is 47.8 Å². The highest BCUT2D eigenvalue weighted by atomic mass is 16.5. The smallest absolute Gasteiger partial charge is 0.279 e. The highest BCUT2D eigenvalue weighted by molar-refractivity contribution is 6.03. The van der Waals surface area contributed by atoms with Gasteiger partial charge in [0.2, 0.25) is 0 Å². The van der Waals surface area contributed by atoms with E-state index in [1.807, 2.05) is 55.8 Å². The first kappa shape index (κ1) is 22.3. The molecule has 0 spiro atoms. The van der Waals surface area contributed by atoms with Crippen LogP contribution in [0.25, 0.3) is 0 Å². The summed E-state index contributed by atoms with van der Waals surface area (Å²) in [4.78, 5) is 13.0. The molecule has 2 aromatic carbocycles. The number of nitrogens with zero attached hydrogens (tertiary/aromatic N) is 3. The molecule has 33 heavy (non-hydrogen) atoms.